The van der Waals surface area contributed by atoms with Crippen LogP contribution in [0.1, 0.15) is 13.9 Å². The monoisotopic (exact) mass is 406 g/mol. The highest BCUT2D eigenvalue weighted by Crippen LogP contribution is 2.26. The molecule has 0 saturated heterocycles. The Morgan fingerprint density at radius 3 is 1.64 bits per heavy atom. The van der Waals surface area contributed by atoms with Crippen molar-refractivity contribution in [3.05, 3.63) is 59.9 Å². The molecule has 0 saturated carbocycles. The van der Waals surface area contributed by atoms with E-state index in [4.69, 9.17) is 18.6 Å². The predicted octanol–water partition coefficient (Wildman–Crippen LogP) is 2.36. The van der Waals surface area contributed by atoms with Gasteiger partial charge < -0.3 is 25.6 Å². The molecule has 10 heteroatoms. The van der Waals surface area contributed by atoms with Gasteiger partial charge in [-0.15, -0.1) is 12.4 Å². The van der Waals surface area contributed by atoms with E-state index in [1.54, 1.807) is 24.3 Å². The van der Waals surface area contributed by atoms with E-state index in [0.29, 0.717) is 22.5 Å². The number of furan rings is 1. The van der Waals surface area contributed by atoms with Crippen molar-refractivity contribution in [1.29, 1.82) is 0 Å². The van der Waals surface area contributed by atoms with Crippen LogP contribution < -0.4 is 11.5 Å². The number of hydrogen-bond acceptors (Lipinski definition) is 7. The summed E-state index contributed by atoms with van der Waals surface area (Å²) in [6.07, 6.45) is 2.95. The largest absolute Gasteiger partial charge is 0.453 e. The first-order valence-corrected chi connectivity index (χ1v) is 7.73. The molecule has 0 amide bonds. The number of amidine groups is 2. The number of hydrogen-bond donors (Lipinski definition) is 2. The van der Waals surface area contributed by atoms with Crippen molar-refractivity contribution < 1.29 is 16.8 Å². The van der Waals surface area contributed by atoms with Crippen LogP contribution in [0.25, 0.3) is 22.9 Å². The zero-order valence-corrected chi connectivity index (χ0v) is 15.9. The van der Waals surface area contributed by atoms with Gasteiger partial charge in [-0.25, -0.2) is 0 Å². The highest BCUT2D eigenvalue weighted by molar-refractivity contribution is 5.97. The molecule has 3 aromatic rings. The highest BCUT2D eigenvalue weighted by atomic mass is 35.5. The topological polar surface area (TPSA) is 134 Å². The third-order valence-electron chi connectivity index (χ3n) is 3.46. The summed E-state index contributed by atoms with van der Waals surface area (Å²) in [4.78, 5) is 17.7. The van der Waals surface area contributed by atoms with Crippen molar-refractivity contribution in [2.45, 2.75) is 0 Å². The molecule has 0 fully saturated rings. The van der Waals surface area contributed by atoms with Crippen LogP contribution in [0.3, 0.4) is 0 Å². The number of oxime groups is 2. The van der Waals surface area contributed by atoms with Gasteiger partial charge in [0.05, 0.1) is 2.74 Å². The molecule has 3 aromatic heterocycles. The van der Waals surface area contributed by atoms with Crippen LogP contribution in [-0.2, 0) is 9.68 Å². The average molecular weight is 407 g/mol. The Bertz CT molecular complexity index is 985. The van der Waals surface area contributed by atoms with Gasteiger partial charge in [-0.3, -0.25) is 9.97 Å². The van der Waals surface area contributed by atoms with Crippen LogP contribution in [0.15, 0.2) is 63.5 Å². The third kappa shape index (κ3) is 4.57. The lowest BCUT2D eigenvalue weighted by Crippen LogP contribution is -2.13. The van der Waals surface area contributed by atoms with Crippen molar-refractivity contribution >= 4 is 24.1 Å². The summed E-state index contributed by atoms with van der Waals surface area (Å²) in [5, 5.41) is 7.27. The van der Waals surface area contributed by atoms with Gasteiger partial charge in [0, 0.05) is 23.5 Å². The van der Waals surface area contributed by atoms with Gasteiger partial charge in [0.2, 0.25) is 0 Å². The number of pyridine rings is 2. The molecule has 3 heterocycles. The number of nitrogens with zero attached hydrogens (tertiary/aromatic N) is 4. The summed E-state index contributed by atoms with van der Waals surface area (Å²) in [5.41, 5.74) is 13.3. The maximum Gasteiger partial charge on any atom is 0.171 e. The van der Waals surface area contributed by atoms with E-state index >= 15 is 0 Å². The van der Waals surface area contributed by atoms with E-state index in [1.807, 2.05) is 0 Å². The number of rotatable bonds is 6. The molecule has 0 radical (unpaired) electrons. The Morgan fingerprint density at radius 1 is 0.893 bits per heavy atom. The van der Waals surface area contributed by atoms with Crippen molar-refractivity contribution in [3.8, 4) is 22.9 Å². The Labute approximate surface area is 170 Å². The van der Waals surface area contributed by atoms with Crippen molar-refractivity contribution in [3.63, 3.8) is 0 Å². The Hall–Kier alpha value is -3.59. The van der Waals surface area contributed by atoms with Crippen LogP contribution in [-0.4, -0.2) is 35.9 Å². The van der Waals surface area contributed by atoms with Crippen molar-refractivity contribution in [2.24, 2.45) is 21.8 Å². The Morgan fingerprint density at radius 2 is 1.32 bits per heavy atom. The van der Waals surface area contributed by atoms with E-state index < -0.39 is 0 Å². The van der Waals surface area contributed by atoms with Gasteiger partial charge in [0.1, 0.15) is 25.6 Å². The molecular formula is C18H19ClN6O3. The van der Waals surface area contributed by atoms with Gasteiger partial charge in [-0.2, -0.15) is 0 Å². The van der Waals surface area contributed by atoms with Crippen LogP contribution >= 0.6 is 12.4 Å². The molecular weight excluding hydrogens is 386 g/mol. The first-order valence-electron chi connectivity index (χ1n) is 8.73. The fourth-order valence-corrected chi connectivity index (χ4v) is 2.16. The molecule has 4 N–H and O–H groups in total. The van der Waals surface area contributed by atoms with E-state index in [2.05, 4.69) is 30.0 Å². The summed E-state index contributed by atoms with van der Waals surface area (Å²) >= 11 is 0. The van der Waals surface area contributed by atoms with Gasteiger partial charge >= 0.3 is 0 Å². The van der Waals surface area contributed by atoms with E-state index in [9.17, 15) is 0 Å². The minimum absolute atomic E-state index is 0. The van der Waals surface area contributed by atoms with Crippen molar-refractivity contribution in [1.82, 2.24) is 9.97 Å². The van der Waals surface area contributed by atoms with Crippen LogP contribution in [0.2, 0.25) is 0 Å². The van der Waals surface area contributed by atoms with Gasteiger partial charge in [0.25, 0.3) is 0 Å². The molecule has 28 heavy (non-hydrogen) atoms. The molecule has 0 spiro atoms. The fourth-order valence-electron chi connectivity index (χ4n) is 2.16. The highest BCUT2D eigenvalue weighted by Gasteiger charge is 2.10. The second kappa shape index (κ2) is 9.38. The second-order valence-corrected chi connectivity index (χ2v) is 5.19. The standard InChI is InChI=1S/C18H18N6O3.ClH/c1-25-23-17(19)11-3-5-13(21-9-11)15-7-8-16(27-15)14-6-4-12(10-22-14)18(20)24-26-2;/h3-10H,1-2H3,(H2,19,23)(H2,20,24);1H/i7D,8D,23+1,24+1;. The zero-order chi connectivity index (χ0) is 21.0. The predicted molar refractivity (Wildman–Crippen MR) is 108 cm³/mol. The van der Waals surface area contributed by atoms with Gasteiger partial charge in [-0.1, -0.05) is 10.3 Å². The Kier molecular flexibility index (Phi) is 5.96. The lowest BCUT2D eigenvalue weighted by molar-refractivity contribution is 0.213. The molecule has 0 aliphatic rings. The smallest absolute Gasteiger partial charge is 0.171 e. The zero-order valence-electron chi connectivity index (χ0n) is 17.0. The molecule has 3 rings (SSSR count). The lowest BCUT2D eigenvalue weighted by atomic mass is 10.2. The number of aromatic nitrogens is 2. The molecule has 146 valence electrons. The summed E-state index contributed by atoms with van der Waals surface area (Å²) in [7, 11) is 2.78. The summed E-state index contributed by atoms with van der Waals surface area (Å²) in [6, 6.07) is 6.35. The maximum atomic E-state index is 8.20. The van der Waals surface area contributed by atoms with Gasteiger partial charge in [0.15, 0.2) is 23.2 Å². The third-order valence-corrected chi connectivity index (χ3v) is 3.46. The van der Waals surface area contributed by atoms with Crippen LogP contribution in [0, 0.1) is 0 Å². The maximum absolute atomic E-state index is 8.20. The van der Waals surface area contributed by atoms with E-state index in [1.165, 1.54) is 26.6 Å². The number of nitrogens with two attached hydrogens (primary N) is 2. The normalized spacial score (nSPS) is 12.6. The second-order valence-electron chi connectivity index (χ2n) is 5.19. The minimum Gasteiger partial charge on any atom is -0.453 e. The summed E-state index contributed by atoms with van der Waals surface area (Å²) in [5.74, 6) is 0.620. The van der Waals surface area contributed by atoms with Crippen LogP contribution in [0.5, 0.6) is 0 Å². The quantitative estimate of drug-likeness (QED) is 0.277. The average Bonchev–Trinajstić information content (AvgIpc) is 3.03. The van der Waals surface area contributed by atoms with Crippen LogP contribution in [0.4, 0.5) is 0 Å². The molecule has 9 nitrogen and oxygen atoms in total. The fraction of sp³-hybridized carbons (Fsp3) is 0.111. The number of halogens is 1. The lowest BCUT2D eigenvalue weighted by Gasteiger charge is -2.02. The Balaban J connectivity index is 0.00000320. The van der Waals surface area contributed by atoms with E-state index in [0.717, 1.165) is 0 Å². The first kappa shape index (κ1) is 17.8. The van der Waals surface area contributed by atoms with E-state index in [-0.39, 0.29) is 47.7 Å². The molecule has 0 aromatic carbocycles. The minimum atomic E-state index is -0.106. The first-order chi connectivity index (χ1) is 14.0. The van der Waals surface area contributed by atoms with Gasteiger partial charge in [-0.05, 0) is 36.4 Å². The molecule has 0 bridgehead atoms. The molecule has 0 atom stereocenters. The SMILES string of the molecule is Cl.[2H]c1c(-c2ccc(/C(N)=[15N]\OC)cn2)oc(-c2ccc(/C(N)=[15N]\OC)cn2)c1[2H]. The summed E-state index contributed by atoms with van der Waals surface area (Å²) in [6.45, 7) is 0. The molecule has 0 aliphatic carbocycles. The molecule has 0 aliphatic heterocycles. The van der Waals surface area contributed by atoms with Crippen molar-refractivity contribution in [2.75, 3.05) is 14.2 Å². The summed E-state index contributed by atoms with van der Waals surface area (Å²) < 4.78 is 22.1. The molecule has 0 unspecified atom stereocenters.